The Morgan fingerprint density at radius 2 is 1.92 bits per heavy atom. The van der Waals surface area contributed by atoms with Crippen LogP contribution in [0, 0.1) is 0 Å². The summed E-state index contributed by atoms with van der Waals surface area (Å²) in [6.45, 7) is 1.79. The van der Waals surface area contributed by atoms with E-state index in [1.807, 2.05) is 25.1 Å². The van der Waals surface area contributed by atoms with Crippen LogP contribution in [0.4, 0.5) is 17.5 Å². The first-order valence-electron chi connectivity index (χ1n) is 7.95. The number of hydrogen-bond acceptors (Lipinski definition) is 6. The Hall–Kier alpha value is -2.41. The third kappa shape index (κ3) is 4.60. The molecule has 8 heteroatoms. The van der Waals surface area contributed by atoms with Gasteiger partial charge in [0.1, 0.15) is 5.82 Å². The number of aromatic nitrogens is 3. The highest BCUT2D eigenvalue weighted by molar-refractivity contribution is 6.36. The summed E-state index contributed by atoms with van der Waals surface area (Å²) in [7, 11) is 0. The predicted molar refractivity (Wildman–Crippen MR) is 105 cm³/mol. The summed E-state index contributed by atoms with van der Waals surface area (Å²) in [6.07, 6.45) is 1.70. The van der Waals surface area contributed by atoms with Crippen LogP contribution in [-0.2, 0) is 0 Å². The highest BCUT2D eigenvalue weighted by Crippen LogP contribution is 2.29. The maximum absolute atomic E-state index is 9.27. The molecular formula is C18H17Cl2N5O. The summed E-state index contributed by atoms with van der Waals surface area (Å²) in [5.74, 6) is 0.916. The van der Waals surface area contributed by atoms with Crippen molar-refractivity contribution >= 4 is 40.7 Å². The second-order valence-corrected chi connectivity index (χ2v) is 6.50. The van der Waals surface area contributed by atoms with E-state index in [-0.39, 0.29) is 12.6 Å². The average molecular weight is 390 g/mol. The Labute approximate surface area is 161 Å². The largest absolute Gasteiger partial charge is 0.394 e. The van der Waals surface area contributed by atoms with Crippen LogP contribution < -0.4 is 10.6 Å². The molecule has 1 atom stereocenters. The molecule has 1 aromatic carbocycles. The van der Waals surface area contributed by atoms with E-state index in [4.69, 9.17) is 23.2 Å². The molecule has 0 saturated carbocycles. The Morgan fingerprint density at radius 3 is 2.62 bits per heavy atom. The molecule has 0 radical (unpaired) electrons. The number of anilines is 3. The molecule has 0 fully saturated rings. The van der Waals surface area contributed by atoms with Gasteiger partial charge in [0, 0.05) is 23.3 Å². The lowest BCUT2D eigenvalue weighted by atomic mass is 10.2. The molecule has 0 aliphatic carbocycles. The summed E-state index contributed by atoms with van der Waals surface area (Å²) in [6, 6.07) is 12.3. The third-order valence-corrected chi connectivity index (χ3v) is 4.04. The maximum Gasteiger partial charge on any atom is 0.225 e. The van der Waals surface area contributed by atoms with E-state index < -0.39 is 0 Å². The van der Waals surface area contributed by atoms with E-state index in [1.165, 1.54) is 0 Å². The molecule has 3 rings (SSSR count). The number of pyridine rings is 1. The molecule has 2 heterocycles. The van der Waals surface area contributed by atoms with Gasteiger partial charge >= 0.3 is 0 Å². The average Bonchev–Trinajstić information content (AvgIpc) is 2.64. The van der Waals surface area contributed by atoms with Gasteiger partial charge in [-0.15, -0.1) is 0 Å². The fourth-order valence-electron chi connectivity index (χ4n) is 2.22. The minimum atomic E-state index is -0.194. The first-order chi connectivity index (χ1) is 12.5. The zero-order valence-electron chi connectivity index (χ0n) is 13.9. The molecule has 134 valence electrons. The molecule has 0 bridgehead atoms. The molecule has 3 aromatic rings. The summed E-state index contributed by atoms with van der Waals surface area (Å²) in [5.41, 5.74) is 2.02. The summed E-state index contributed by atoms with van der Waals surface area (Å²) < 4.78 is 0. The van der Waals surface area contributed by atoms with Crippen molar-refractivity contribution in [3.8, 4) is 11.4 Å². The molecule has 0 unspecified atom stereocenters. The van der Waals surface area contributed by atoms with Gasteiger partial charge in [-0.05, 0) is 37.3 Å². The van der Waals surface area contributed by atoms with Gasteiger partial charge in [0.05, 0.1) is 28.7 Å². The number of hydrogen-bond donors (Lipinski definition) is 3. The zero-order chi connectivity index (χ0) is 18.5. The van der Waals surface area contributed by atoms with E-state index >= 15 is 0 Å². The molecule has 3 N–H and O–H groups in total. The second kappa shape index (κ2) is 8.31. The highest BCUT2D eigenvalue weighted by atomic mass is 35.5. The second-order valence-electron chi connectivity index (χ2n) is 5.65. The summed E-state index contributed by atoms with van der Waals surface area (Å²) in [4.78, 5) is 13.2. The van der Waals surface area contributed by atoms with E-state index in [9.17, 15) is 5.11 Å². The molecule has 26 heavy (non-hydrogen) atoms. The Balaban J connectivity index is 1.98. The summed E-state index contributed by atoms with van der Waals surface area (Å²) >= 11 is 12.2. The van der Waals surface area contributed by atoms with Gasteiger partial charge in [-0.25, -0.2) is 4.98 Å². The summed E-state index contributed by atoms with van der Waals surface area (Å²) in [5, 5.41) is 16.5. The minimum Gasteiger partial charge on any atom is -0.394 e. The number of halogens is 2. The standard InChI is InChI=1S/C18H17Cl2N5O/c1-11(10-26)22-18-24-16(15-4-2-3-7-21-15)9-17(25-18)23-14-6-5-12(19)8-13(14)20/h2-9,11,26H,10H2,1H3,(H2,22,23,24,25)/t11-/m0/s1. The molecule has 0 spiro atoms. The number of rotatable bonds is 6. The van der Waals surface area contributed by atoms with Crippen molar-refractivity contribution in [2.24, 2.45) is 0 Å². The van der Waals surface area contributed by atoms with Gasteiger partial charge in [0.25, 0.3) is 0 Å². The number of nitrogens with zero attached hydrogens (tertiary/aromatic N) is 3. The van der Waals surface area contributed by atoms with Gasteiger partial charge in [0.2, 0.25) is 5.95 Å². The van der Waals surface area contributed by atoms with E-state index in [0.29, 0.717) is 38.9 Å². The maximum atomic E-state index is 9.27. The monoisotopic (exact) mass is 389 g/mol. The lowest BCUT2D eigenvalue weighted by Gasteiger charge is -2.14. The lowest BCUT2D eigenvalue weighted by Crippen LogP contribution is -2.21. The number of nitrogens with one attached hydrogen (secondary N) is 2. The van der Waals surface area contributed by atoms with E-state index in [0.717, 1.165) is 0 Å². The SMILES string of the molecule is C[C@@H](CO)Nc1nc(Nc2ccc(Cl)cc2Cl)cc(-c2ccccn2)n1. The smallest absolute Gasteiger partial charge is 0.225 e. The van der Waals surface area contributed by atoms with Crippen LogP contribution in [0.15, 0.2) is 48.7 Å². The van der Waals surface area contributed by atoms with Crippen LogP contribution in [0.2, 0.25) is 10.0 Å². The van der Waals surface area contributed by atoms with Crippen LogP contribution in [-0.4, -0.2) is 32.7 Å². The molecule has 0 aliphatic rings. The molecule has 2 aromatic heterocycles. The topological polar surface area (TPSA) is 83.0 Å². The van der Waals surface area contributed by atoms with Crippen molar-refractivity contribution in [2.75, 3.05) is 17.2 Å². The predicted octanol–water partition coefficient (Wildman–Crippen LogP) is 4.38. The third-order valence-electron chi connectivity index (χ3n) is 3.50. The van der Waals surface area contributed by atoms with Gasteiger partial charge in [-0.1, -0.05) is 29.3 Å². The molecule has 0 amide bonds. The van der Waals surface area contributed by atoms with Crippen molar-refractivity contribution in [1.29, 1.82) is 0 Å². The molecule has 0 aliphatic heterocycles. The Kier molecular flexibility index (Phi) is 5.88. The number of benzene rings is 1. The first kappa shape index (κ1) is 18.4. The molecule has 6 nitrogen and oxygen atoms in total. The van der Waals surface area contributed by atoms with Gasteiger partial charge < -0.3 is 15.7 Å². The molecule has 0 saturated heterocycles. The normalized spacial score (nSPS) is 11.8. The van der Waals surface area contributed by atoms with Crippen molar-refractivity contribution < 1.29 is 5.11 Å². The van der Waals surface area contributed by atoms with Crippen LogP contribution in [0.25, 0.3) is 11.4 Å². The first-order valence-corrected chi connectivity index (χ1v) is 8.70. The van der Waals surface area contributed by atoms with Crippen molar-refractivity contribution in [3.63, 3.8) is 0 Å². The quantitative estimate of drug-likeness (QED) is 0.579. The van der Waals surface area contributed by atoms with Crippen LogP contribution in [0.5, 0.6) is 0 Å². The highest BCUT2D eigenvalue weighted by Gasteiger charge is 2.11. The van der Waals surface area contributed by atoms with E-state index in [1.54, 1.807) is 30.5 Å². The van der Waals surface area contributed by atoms with Gasteiger partial charge in [-0.3, -0.25) is 4.98 Å². The van der Waals surface area contributed by atoms with Gasteiger partial charge in [0.15, 0.2) is 0 Å². The van der Waals surface area contributed by atoms with Crippen LogP contribution in [0.3, 0.4) is 0 Å². The Morgan fingerprint density at radius 1 is 1.08 bits per heavy atom. The number of aliphatic hydroxyl groups excluding tert-OH is 1. The number of aliphatic hydroxyl groups is 1. The van der Waals surface area contributed by atoms with Crippen LogP contribution in [0.1, 0.15) is 6.92 Å². The zero-order valence-corrected chi connectivity index (χ0v) is 15.5. The fourth-order valence-corrected chi connectivity index (χ4v) is 2.67. The van der Waals surface area contributed by atoms with E-state index in [2.05, 4.69) is 25.6 Å². The van der Waals surface area contributed by atoms with Crippen molar-refractivity contribution in [1.82, 2.24) is 15.0 Å². The van der Waals surface area contributed by atoms with Crippen molar-refractivity contribution in [3.05, 3.63) is 58.7 Å². The molecular weight excluding hydrogens is 373 g/mol. The minimum absolute atomic E-state index is 0.0387. The fraction of sp³-hybridized carbons (Fsp3) is 0.167. The van der Waals surface area contributed by atoms with Crippen LogP contribution >= 0.6 is 23.2 Å². The lowest BCUT2D eigenvalue weighted by molar-refractivity contribution is 0.281. The Bertz CT molecular complexity index is 892. The van der Waals surface area contributed by atoms with Crippen molar-refractivity contribution in [2.45, 2.75) is 13.0 Å². The van der Waals surface area contributed by atoms with Gasteiger partial charge in [-0.2, -0.15) is 4.98 Å².